The molecule has 19 heavy (non-hydrogen) atoms. The number of hydrogen-bond donors (Lipinski definition) is 2. The molecule has 0 unspecified atom stereocenters. The van der Waals surface area contributed by atoms with Gasteiger partial charge in [-0.05, 0) is 24.4 Å². The highest BCUT2D eigenvalue weighted by molar-refractivity contribution is 7.10. The van der Waals surface area contributed by atoms with Gasteiger partial charge in [0.2, 0.25) is 11.8 Å². The van der Waals surface area contributed by atoms with Crippen molar-refractivity contribution in [3.8, 4) is 0 Å². The van der Waals surface area contributed by atoms with Crippen molar-refractivity contribution >= 4 is 23.2 Å². The molecule has 106 valence electrons. The van der Waals surface area contributed by atoms with Gasteiger partial charge in [0.15, 0.2) is 0 Å². The van der Waals surface area contributed by atoms with Gasteiger partial charge < -0.3 is 11.1 Å². The van der Waals surface area contributed by atoms with Crippen LogP contribution in [0, 0.1) is 5.92 Å². The van der Waals surface area contributed by atoms with Crippen molar-refractivity contribution in [1.29, 1.82) is 0 Å². The zero-order valence-corrected chi connectivity index (χ0v) is 12.4. The zero-order chi connectivity index (χ0) is 14.4. The number of amides is 2. The van der Waals surface area contributed by atoms with Crippen LogP contribution in [-0.4, -0.2) is 36.9 Å². The second-order valence-electron chi connectivity index (χ2n) is 4.94. The van der Waals surface area contributed by atoms with Crippen molar-refractivity contribution in [2.75, 3.05) is 20.1 Å². The number of carbonyl (C=O) groups excluding carboxylic acids is 2. The predicted molar refractivity (Wildman–Crippen MR) is 76.7 cm³/mol. The Kier molecular flexibility index (Phi) is 5.98. The molecule has 0 saturated heterocycles. The number of nitrogens with zero attached hydrogens (tertiary/aromatic N) is 1. The minimum atomic E-state index is -0.436. The fourth-order valence-electron chi connectivity index (χ4n) is 1.82. The largest absolute Gasteiger partial charge is 0.369 e. The number of thiophene rings is 1. The number of primary amides is 1. The van der Waals surface area contributed by atoms with Gasteiger partial charge >= 0.3 is 0 Å². The van der Waals surface area contributed by atoms with Crippen molar-refractivity contribution in [2.24, 2.45) is 11.7 Å². The van der Waals surface area contributed by atoms with Crippen LogP contribution < -0.4 is 11.1 Å². The van der Waals surface area contributed by atoms with E-state index in [4.69, 9.17) is 5.73 Å². The molecule has 0 aliphatic rings. The molecule has 0 saturated carbocycles. The molecule has 1 aromatic rings. The molecule has 1 rings (SSSR count). The molecule has 6 heteroatoms. The minimum absolute atomic E-state index is 0.00878. The van der Waals surface area contributed by atoms with Gasteiger partial charge in [-0.3, -0.25) is 14.5 Å². The first-order valence-electron chi connectivity index (χ1n) is 6.19. The third-order valence-corrected chi connectivity index (χ3v) is 3.63. The van der Waals surface area contributed by atoms with Gasteiger partial charge in [-0.15, -0.1) is 11.3 Å². The van der Waals surface area contributed by atoms with E-state index in [-0.39, 0.29) is 25.0 Å². The summed E-state index contributed by atoms with van der Waals surface area (Å²) in [5.41, 5.74) is 5.09. The zero-order valence-electron chi connectivity index (χ0n) is 11.6. The van der Waals surface area contributed by atoms with Crippen LogP contribution in [0.1, 0.15) is 24.8 Å². The highest BCUT2D eigenvalue weighted by Gasteiger charge is 2.20. The standard InChI is InChI=1S/C13H21N3O2S/c1-9(2)13(10-5-4-6-19-10)15-12(18)8-16(3)7-11(14)17/h4-6,9,13H,7-8H2,1-3H3,(H2,14,17)(H,15,18)/t13-/m0/s1. The molecule has 2 amide bonds. The summed E-state index contributed by atoms with van der Waals surface area (Å²) in [4.78, 5) is 25.4. The Morgan fingerprint density at radius 1 is 1.42 bits per heavy atom. The van der Waals surface area contributed by atoms with E-state index in [1.54, 1.807) is 23.3 Å². The number of rotatable bonds is 7. The normalized spacial score (nSPS) is 12.7. The topological polar surface area (TPSA) is 75.4 Å². The van der Waals surface area contributed by atoms with Crippen LogP contribution in [0.4, 0.5) is 0 Å². The highest BCUT2D eigenvalue weighted by Crippen LogP contribution is 2.25. The maximum absolute atomic E-state index is 11.9. The van der Waals surface area contributed by atoms with Crippen LogP contribution in [0.15, 0.2) is 17.5 Å². The molecule has 0 radical (unpaired) electrons. The Balaban J connectivity index is 2.55. The molecule has 0 bridgehead atoms. The van der Waals surface area contributed by atoms with Crippen LogP contribution in [0.2, 0.25) is 0 Å². The number of carbonyl (C=O) groups is 2. The third-order valence-electron chi connectivity index (χ3n) is 2.67. The lowest BCUT2D eigenvalue weighted by Gasteiger charge is -2.23. The number of nitrogens with one attached hydrogen (secondary N) is 1. The lowest BCUT2D eigenvalue weighted by Crippen LogP contribution is -2.41. The first-order valence-corrected chi connectivity index (χ1v) is 7.07. The maximum atomic E-state index is 11.9. The minimum Gasteiger partial charge on any atom is -0.369 e. The second-order valence-corrected chi connectivity index (χ2v) is 5.92. The van der Waals surface area contributed by atoms with Crippen molar-refractivity contribution in [2.45, 2.75) is 19.9 Å². The Bertz CT molecular complexity index is 418. The smallest absolute Gasteiger partial charge is 0.234 e. The SMILES string of the molecule is CC(C)[C@H](NC(=O)CN(C)CC(N)=O)c1cccs1. The maximum Gasteiger partial charge on any atom is 0.234 e. The molecule has 1 heterocycles. The summed E-state index contributed by atoms with van der Waals surface area (Å²) in [7, 11) is 1.69. The Morgan fingerprint density at radius 2 is 2.11 bits per heavy atom. The predicted octanol–water partition coefficient (Wildman–Crippen LogP) is 0.979. The van der Waals surface area contributed by atoms with Crippen molar-refractivity contribution in [1.82, 2.24) is 10.2 Å². The number of nitrogens with two attached hydrogens (primary N) is 1. The van der Waals surface area contributed by atoms with Crippen LogP contribution in [0.5, 0.6) is 0 Å². The number of likely N-dealkylation sites (N-methyl/N-ethyl adjacent to an activating group) is 1. The van der Waals surface area contributed by atoms with Gasteiger partial charge in [0, 0.05) is 4.88 Å². The monoisotopic (exact) mass is 283 g/mol. The van der Waals surface area contributed by atoms with Gasteiger partial charge in [0.25, 0.3) is 0 Å². The van der Waals surface area contributed by atoms with E-state index in [1.165, 1.54) is 0 Å². The average molecular weight is 283 g/mol. The first kappa shape index (κ1) is 15.7. The van der Waals surface area contributed by atoms with E-state index in [9.17, 15) is 9.59 Å². The fourth-order valence-corrected chi connectivity index (χ4v) is 2.77. The average Bonchev–Trinajstić information content (AvgIpc) is 2.76. The van der Waals surface area contributed by atoms with E-state index in [2.05, 4.69) is 19.2 Å². The molecule has 0 spiro atoms. The van der Waals surface area contributed by atoms with Crippen molar-refractivity contribution < 1.29 is 9.59 Å². The highest BCUT2D eigenvalue weighted by atomic mass is 32.1. The molecule has 0 aliphatic heterocycles. The van der Waals surface area contributed by atoms with Gasteiger partial charge in [0.1, 0.15) is 0 Å². The molecule has 3 N–H and O–H groups in total. The summed E-state index contributed by atoms with van der Waals surface area (Å²) in [5.74, 6) is -0.228. The lowest BCUT2D eigenvalue weighted by molar-refractivity contribution is -0.124. The first-order chi connectivity index (χ1) is 8.90. The van der Waals surface area contributed by atoms with Gasteiger partial charge in [-0.1, -0.05) is 19.9 Å². The summed E-state index contributed by atoms with van der Waals surface area (Å²) in [5, 5.41) is 5.00. The molecule has 1 atom stereocenters. The molecule has 0 fully saturated rings. The summed E-state index contributed by atoms with van der Waals surface area (Å²) in [6, 6.07) is 4.00. The van der Waals surface area contributed by atoms with E-state index in [0.29, 0.717) is 5.92 Å². The van der Waals surface area contributed by atoms with E-state index < -0.39 is 5.91 Å². The summed E-state index contributed by atoms with van der Waals surface area (Å²) in [6.07, 6.45) is 0. The van der Waals surface area contributed by atoms with Crippen LogP contribution in [0.3, 0.4) is 0 Å². The Labute approximate surface area is 117 Å². The van der Waals surface area contributed by atoms with Crippen LogP contribution in [-0.2, 0) is 9.59 Å². The van der Waals surface area contributed by atoms with Crippen LogP contribution >= 0.6 is 11.3 Å². The Morgan fingerprint density at radius 3 is 2.58 bits per heavy atom. The summed E-state index contributed by atoms with van der Waals surface area (Å²) >= 11 is 1.63. The Hall–Kier alpha value is -1.40. The van der Waals surface area contributed by atoms with Gasteiger partial charge in [0.05, 0.1) is 19.1 Å². The van der Waals surface area contributed by atoms with Crippen LogP contribution in [0.25, 0.3) is 0 Å². The molecular formula is C13H21N3O2S. The molecule has 0 aliphatic carbocycles. The third kappa shape index (κ3) is 5.40. The quantitative estimate of drug-likeness (QED) is 0.783. The van der Waals surface area contributed by atoms with Crippen molar-refractivity contribution in [3.63, 3.8) is 0 Å². The molecule has 1 aromatic heterocycles. The molecule has 0 aromatic carbocycles. The van der Waals surface area contributed by atoms with Gasteiger partial charge in [-0.2, -0.15) is 0 Å². The fraction of sp³-hybridized carbons (Fsp3) is 0.538. The van der Waals surface area contributed by atoms with Gasteiger partial charge in [-0.25, -0.2) is 0 Å². The second kappa shape index (κ2) is 7.25. The number of hydrogen-bond acceptors (Lipinski definition) is 4. The van der Waals surface area contributed by atoms with E-state index in [1.807, 2.05) is 17.5 Å². The molecule has 5 nitrogen and oxygen atoms in total. The lowest BCUT2D eigenvalue weighted by atomic mass is 10.0. The van der Waals surface area contributed by atoms with E-state index >= 15 is 0 Å². The molecular weight excluding hydrogens is 262 g/mol. The van der Waals surface area contributed by atoms with Crippen molar-refractivity contribution in [3.05, 3.63) is 22.4 Å². The van der Waals surface area contributed by atoms with E-state index in [0.717, 1.165) is 4.88 Å². The summed E-state index contributed by atoms with van der Waals surface area (Å²) < 4.78 is 0. The summed E-state index contributed by atoms with van der Waals surface area (Å²) in [6.45, 7) is 4.38.